The van der Waals surface area contributed by atoms with E-state index in [4.69, 9.17) is 0 Å². The molecule has 2 aliphatic heterocycles. The van der Waals surface area contributed by atoms with Crippen molar-refractivity contribution in [2.45, 2.75) is 0 Å². The third kappa shape index (κ3) is 0.579. The molecule has 0 saturated carbocycles. The standard InChI is InChI=1S/C6H4N3/c1-2-8-6-5(1)3-7-4-9-6/h1-4H. The Morgan fingerprint density at radius 3 is 3.22 bits per heavy atom. The first-order chi connectivity index (χ1) is 4.47. The fourth-order valence-electron chi connectivity index (χ4n) is 0.748. The van der Waals surface area contributed by atoms with Crippen molar-refractivity contribution in [1.82, 2.24) is 5.32 Å². The van der Waals surface area contributed by atoms with Gasteiger partial charge in [-0.3, -0.25) is 0 Å². The third-order valence-electron chi connectivity index (χ3n) is 1.17. The highest BCUT2D eigenvalue weighted by molar-refractivity contribution is 6.09. The second-order valence-electron chi connectivity index (χ2n) is 1.75. The maximum atomic E-state index is 3.97. The summed E-state index contributed by atoms with van der Waals surface area (Å²) in [6.07, 6.45) is 6.85. The molecular weight excluding hydrogens is 114 g/mol. The molecule has 0 fully saturated rings. The maximum Gasteiger partial charge on any atom is 0.162 e. The topological polar surface area (TPSA) is 38.8 Å². The average molecular weight is 118 g/mol. The van der Waals surface area contributed by atoms with Crippen LogP contribution in [0.4, 0.5) is 0 Å². The molecule has 3 nitrogen and oxygen atoms in total. The highest BCUT2D eigenvalue weighted by atomic mass is 15.0. The quantitative estimate of drug-likeness (QED) is 0.443. The van der Waals surface area contributed by atoms with Crippen molar-refractivity contribution >= 4 is 12.2 Å². The minimum absolute atomic E-state index is 0.769. The van der Waals surface area contributed by atoms with Gasteiger partial charge in [0.05, 0.1) is 0 Å². The summed E-state index contributed by atoms with van der Waals surface area (Å²) < 4.78 is 0. The van der Waals surface area contributed by atoms with Crippen molar-refractivity contribution in [2.24, 2.45) is 9.98 Å². The van der Waals surface area contributed by atoms with E-state index in [1.165, 1.54) is 6.34 Å². The predicted molar refractivity (Wildman–Crippen MR) is 35.3 cm³/mol. The lowest BCUT2D eigenvalue weighted by Crippen LogP contribution is -2.15. The first kappa shape index (κ1) is 4.49. The normalized spacial score (nSPS) is 20.4. The Morgan fingerprint density at radius 2 is 2.33 bits per heavy atom. The van der Waals surface area contributed by atoms with E-state index in [9.17, 15) is 0 Å². The molecule has 0 saturated heterocycles. The molecule has 0 amide bonds. The summed E-state index contributed by atoms with van der Waals surface area (Å²) >= 11 is 0. The second-order valence-corrected chi connectivity index (χ2v) is 1.75. The Labute approximate surface area is 52.5 Å². The number of hydrogen-bond acceptors (Lipinski definition) is 2. The number of fused-ring (bicyclic) bond motifs is 1. The minimum Gasteiger partial charge on any atom is -0.244 e. The van der Waals surface area contributed by atoms with Crippen molar-refractivity contribution in [3.05, 3.63) is 24.0 Å². The Bertz CT molecular complexity index is 245. The van der Waals surface area contributed by atoms with Crippen LogP contribution in [-0.4, -0.2) is 12.2 Å². The lowest BCUT2D eigenvalue weighted by molar-refractivity contribution is 1.30. The van der Waals surface area contributed by atoms with E-state index in [1.807, 2.05) is 6.08 Å². The van der Waals surface area contributed by atoms with Crippen LogP contribution in [0.3, 0.4) is 0 Å². The number of nitrogens with zero attached hydrogens (tertiary/aromatic N) is 3. The maximum absolute atomic E-state index is 3.97. The van der Waals surface area contributed by atoms with E-state index in [2.05, 4.69) is 15.3 Å². The number of rotatable bonds is 0. The van der Waals surface area contributed by atoms with Gasteiger partial charge in [0.1, 0.15) is 6.34 Å². The monoisotopic (exact) mass is 118 g/mol. The molecule has 0 aliphatic carbocycles. The van der Waals surface area contributed by atoms with Crippen LogP contribution in [0, 0.1) is 0 Å². The molecule has 43 valence electrons. The fourth-order valence-corrected chi connectivity index (χ4v) is 0.748. The molecule has 1 radical (unpaired) electrons. The fraction of sp³-hybridized carbons (Fsp3) is 0. The highest BCUT2D eigenvalue weighted by Crippen LogP contribution is 2.09. The van der Waals surface area contributed by atoms with Crippen molar-refractivity contribution in [1.29, 1.82) is 0 Å². The van der Waals surface area contributed by atoms with Crippen LogP contribution in [0.5, 0.6) is 0 Å². The summed E-state index contributed by atoms with van der Waals surface area (Å²) in [4.78, 5) is 7.80. The molecule has 0 atom stereocenters. The minimum atomic E-state index is 0.769. The van der Waals surface area contributed by atoms with Crippen LogP contribution >= 0.6 is 0 Å². The van der Waals surface area contributed by atoms with Gasteiger partial charge in [0, 0.05) is 18.0 Å². The molecule has 0 N–H and O–H groups in total. The summed E-state index contributed by atoms with van der Waals surface area (Å²) in [5.41, 5.74) is 0.998. The Kier molecular flexibility index (Phi) is 0.773. The van der Waals surface area contributed by atoms with Gasteiger partial charge in [-0.2, -0.15) is 0 Å². The predicted octanol–water partition coefficient (Wildman–Crippen LogP) is 0.442. The SMILES string of the molecule is C1=CC2=CN=C[N]C2=N1. The van der Waals surface area contributed by atoms with Crippen LogP contribution in [0.2, 0.25) is 0 Å². The molecule has 0 bridgehead atoms. The molecule has 0 aromatic heterocycles. The summed E-state index contributed by atoms with van der Waals surface area (Å²) in [5.74, 6) is 0.769. The van der Waals surface area contributed by atoms with E-state index in [1.54, 1.807) is 12.4 Å². The van der Waals surface area contributed by atoms with Crippen molar-refractivity contribution in [3.63, 3.8) is 0 Å². The second kappa shape index (κ2) is 1.55. The zero-order chi connectivity index (χ0) is 6.10. The molecule has 0 aromatic rings. The van der Waals surface area contributed by atoms with Gasteiger partial charge in [-0.05, 0) is 6.08 Å². The molecular formula is C6H4N3. The van der Waals surface area contributed by atoms with Gasteiger partial charge in [-0.25, -0.2) is 15.3 Å². The first-order valence-electron chi connectivity index (χ1n) is 2.64. The van der Waals surface area contributed by atoms with Gasteiger partial charge < -0.3 is 0 Å². The summed E-state index contributed by atoms with van der Waals surface area (Å²) in [7, 11) is 0. The smallest absolute Gasteiger partial charge is 0.162 e. The van der Waals surface area contributed by atoms with E-state index < -0.39 is 0 Å². The van der Waals surface area contributed by atoms with E-state index >= 15 is 0 Å². The molecule has 3 heteroatoms. The zero-order valence-corrected chi connectivity index (χ0v) is 4.65. The Morgan fingerprint density at radius 1 is 1.33 bits per heavy atom. The van der Waals surface area contributed by atoms with Gasteiger partial charge in [0.2, 0.25) is 0 Å². The summed E-state index contributed by atoms with van der Waals surface area (Å²) in [5, 5.41) is 3.92. The summed E-state index contributed by atoms with van der Waals surface area (Å²) in [6.45, 7) is 0. The van der Waals surface area contributed by atoms with Crippen molar-refractivity contribution in [3.8, 4) is 0 Å². The van der Waals surface area contributed by atoms with Gasteiger partial charge in [-0.1, -0.05) is 0 Å². The molecule has 2 rings (SSSR count). The molecule has 2 heterocycles. The number of amidine groups is 1. The molecule has 9 heavy (non-hydrogen) atoms. The third-order valence-corrected chi connectivity index (χ3v) is 1.17. The van der Waals surface area contributed by atoms with Gasteiger partial charge >= 0.3 is 0 Å². The Hall–Kier alpha value is -1.38. The van der Waals surface area contributed by atoms with E-state index in [0.29, 0.717) is 0 Å². The lowest BCUT2D eigenvalue weighted by Gasteiger charge is -2.00. The molecule has 2 aliphatic rings. The zero-order valence-electron chi connectivity index (χ0n) is 4.65. The first-order valence-corrected chi connectivity index (χ1v) is 2.64. The van der Waals surface area contributed by atoms with Crippen LogP contribution in [0.15, 0.2) is 34.0 Å². The largest absolute Gasteiger partial charge is 0.244 e. The van der Waals surface area contributed by atoms with Crippen molar-refractivity contribution < 1.29 is 0 Å². The van der Waals surface area contributed by atoms with Crippen molar-refractivity contribution in [2.75, 3.05) is 0 Å². The highest BCUT2D eigenvalue weighted by Gasteiger charge is 2.09. The Balaban J connectivity index is 2.46. The lowest BCUT2D eigenvalue weighted by atomic mass is 10.3. The van der Waals surface area contributed by atoms with Gasteiger partial charge in [0.25, 0.3) is 0 Å². The van der Waals surface area contributed by atoms with Crippen LogP contribution in [0.1, 0.15) is 0 Å². The van der Waals surface area contributed by atoms with Gasteiger partial charge in [-0.15, -0.1) is 0 Å². The average Bonchev–Trinajstić information content (AvgIpc) is 2.33. The van der Waals surface area contributed by atoms with Crippen LogP contribution in [0.25, 0.3) is 0 Å². The molecule has 0 spiro atoms. The van der Waals surface area contributed by atoms with Crippen LogP contribution in [-0.2, 0) is 0 Å². The van der Waals surface area contributed by atoms with Crippen LogP contribution < -0.4 is 5.32 Å². The van der Waals surface area contributed by atoms with E-state index in [0.717, 1.165) is 11.4 Å². The van der Waals surface area contributed by atoms with Gasteiger partial charge in [0.15, 0.2) is 5.84 Å². The molecule has 0 unspecified atom stereocenters. The summed E-state index contributed by atoms with van der Waals surface area (Å²) in [6, 6.07) is 0. The van der Waals surface area contributed by atoms with E-state index in [-0.39, 0.29) is 0 Å². The number of hydrogen-bond donors (Lipinski definition) is 0. The molecule has 0 aromatic carbocycles. The number of aliphatic imine (C=N–C) groups is 2.